The van der Waals surface area contributed by atoms with Gasteiger partial charge in [-0.15, -0.1) is 11.3 Å². The lowest BCUT2D eigenvalue weighted by Gasteiger charge is -2.26. The van der Waals surface area contributed by atoms with Gasteiger partial charge in [-0.3, -0.25) is 9.36 Å². The minimum atomic E-state index is -0.875. The SMILES string of the molecule is COc1cc(-n2cnc3cc(-c4ccc(Cl)cc4)sc3c2=O)ccc1OC[C@@H](OC(=O)[C@H](NC(=O)OC(C)(C)C)C(C)C)C1CC1. The summed E-state index contributed by atoms with van der Waals surface area (Å²) in [6, 6.07) is 13.6. The number of fused-ring (bicyclic) bond motifs is 1. The summed E-state index contributed by atoms with van der Waals surface area (Å²) >= 11 is 7.41. The van der Waals surface area contributed by atoms with Crippen molar-refractivity contribution >= 4 is 45.2 Å². The van der Waals surface area contributed by atoms with Gasteiger partial charge in [0.05, 0.1) is 18.3 Å². The van der Waals surface area contributed by atoms with E-state index in [1.165, 1.54) is 29.3 Å². The number of aromatic nitrogens is 2. The van der Waals surface area contributed by atoms with Crippen molar-refractivity contribution < 1.29 is 28.5 Å². The Balaban J connectivity index is 1.30. The topological polar surface area (TPSA) is 118 Å². The van der Waals surface area contributed by atoms with Gasteiger partial charge in [0, 0.05) is 16.0 Å². The Bertz CT molecular complexity index is 1770. The molecule has 4 aromatic rings. The Morgan fingerprint density at radius 1 is 1.09 bits per heavy atom. The Kier molecular flexibility index (Phi) is 9.93. The predicted molar refractivity (Wildman–Crippen MR) is 178 cm³/mol. The molecule has 2 aromatic carbocycles. The highest BCUT2D eigenvalue weighted by atomic mass is 35.5. The second kappa shape index (κ2) is 13.7. The summed E-state index contributed by atoms with van der Waals surface area (Å²) in [6.45, 7) is 9.02. The first-order valence-electron chi connectivity index (χ1n) is 15.1. The number of halogens is 1. The summed E-state index contributed by atoms with van der Waals surface area (Å²) in [7, 11) is 1.52. The Morgan fingerprint density at radius 2 is 1.80 bits per heavy atom. The number of methoxy groups -OCH3 is 1. The first kappa shape index (κ1) is 33.3. The summed E-state index contributed by atoms with van der Waals surface area (Å²) in [6.07, 6.45) is 2.12. The smallest absolute Gasteiger partial charge is 0.408 e. The van der Waals surface area contributed by atoms with Gasteiger partial charge < -0.3 is 24.3 Å². The average Bonchev–Trinajstić information content (AvgIpc) is 3.75. The Labute approximate surface area is 276 Å². The van der Waals surface area contributed by atoms with E-state index >= 15 is 0 Å². The van der Waals surface area contributed by atoms with Crippen molar-refractivity contribution in [3.63, 3.8) is 0 Å². The van der Waals surface area contributed by atoms with Crippen molar-refractivity contribution in [3.8, 4) is 27.6 Å². The van der Waals surface area contributed by atoms with Crippen LogP contribution >= 0.6 is 22.9 Å². The van der Waals surface area contributed by atoms with Crippen LogP contribution in [0.4, 0.5) is 4.79 Å². The minimum Gasteiger partial charge on any atom is -0.493 e. The van der Waals surface area contributed by atoms with E-state index in [4.69, 9.17) is 30.5 Å². The van der Waals surface area contributed by atoms with E-state index in [0.29, 0.717) is 32.4 Å². The van der Waals surface area contributed by atoms with Crippen LogP contribution in [0, 0.1) is 11.8 Å². The van der Waals surface area contributed by atoms with Crippen LogP contribution in [-0.2, 0) is 14.3 Å². The molecule has 2 atom stereocenters. The van der Waals surface area contributed by atoms with Crippen molar-refractivity contribution in [2.45, 2.75) is 65.2 Å². The maximum atomic E-state index is 13.5. The molecule has 46 heavy (non-hydrogen) atoms. The van der Waals surface area contributed by atoms with Crippen LogP contribution in [0.2, 0.25) is 5.02 Å². The van der Waals surface area contributed by atoms with E-state index in [1.807, 2.05) is 44.2 Å². The molecule has 1 aliphatic carbocycles. The lowest BCUT2D eigenvalue weighted by Crippen LogP contribution is -2.48. The molecule has 2 aromatic heterocycles. The summed E-state index contributed by atoms with van der Waals surface area (Å²) in [5, 5.41) is 3.29. The number of ether oxygens (including phenoxy) is 4. The van der Waals surface area contributed by atoms with Crippen molar-refractivity contribution in [2.75, 3.05) is 13.7 Å². The molecule has 5 rings (SSSR count). The number of nitrogens with one attached hydrogen (secondary N) is 1. The fraction of sp³-hybridized carbons (Fsp3) is 0.412. The zero-order chi connectivity index (χ0) is 33.2. The maximum absolute atomic E-state index is 13.5. The third-order valence-electron chi connectivity index (χ3n) is 7.40. The van der Waals surface area contributed by atoms with Crippen LogP contribution < -0.4 is 20.3 Å². The molecule has 244 valence electrons. The lowest BCUT2D eigenvalue weighted by atomic mass is 10.0. The molecule has 0 aliphatic heterocycles. The van der Waals surface area contributed by atoms with Gasteiger partial charge in [-0.2, -0.15) is 0 Å². The number of carbonyl (C=O) groups excluding carboxylic acids is 2. The highest BCUT2D eigenvalue weighted by Gasteiger charge is 2.38. The minimum absolute atomic E-state index is 0.0967. The van der Waals surface area contributed by atoms with E-state index in [0.717, 1.165) is 23.3 Å². The average molecular weight is 668 g/mol. The molecule has 0 unspecified atom stereocenters. The number of esters is 1. The number of carbonyl (C=O) groups is 2. The normalized spacial score (nSPS) is 14.5. The summed E-state index contributed by atoms with van der Waals surface area (Å²) in [5.41, 5.74) is 1.23. The van der Waals surface area contributed by atoms with Gasteiger partial charge in [0.1, 0.15) is 35.4 Å². The van der Waals surface area contributed by atoms with Crippen molar-refractivity contribution in [1.29, 1.82) is 0 Å². The molecule has 1 aliphatic rings. The molecule has 1 amide bonds. The van der Waals surface area contributed by atoms with E-state index in [1.54, 1.807) is 39.0 Å². The van der Waals surface area contributed by atoms with Gasteiger partial charge in [0.15, 0.2) is 11.5 Å². The molecule has 1 saturated carbocycles. The molecular formula is C34H38ClN3O7S. The number of benzene rings is 2. The van der Waals surface area contributed by atoms with E-state index in [9.17, 15) is 14.4 Å². The lowest BCUT2D eigenvalue weighted by molar-refractivity contribution is -0.155. The standard InChI is InChI=1S/C34H38ClN3O7S/c1-19(2)29(37-33(41)45-34(3,4)5)32(40)44-27(20-7-8-20)17-43-25-14-13-23(15-26(25)42-6)38-18-36-24-16-28(46-30(24)31(38)39)21-9-11-22(35)12-10-21/h9-16,18-20,27,29H,7-8,17H2,1-6H3,(H,37,41)/t27-,29-/m1/s1. The molecule has 0 radical (unpaired) electrons. The van der Waals surface area contributed by atoms with E-state index in [2.05, 4.69) is 10.3 Å². The van der Waals surface area contributed by atoms with Gasteiger partial charge >= 0.3 is 12.1 Å². The monoisotopic (exact) mass is 667 g/mol. The second-order valence-corrected chi connectivity index (χ2v) is 14.1. The zero-order valence-corrected chi connectivity index (χ0v) is 28.2. The van der Waals surface area contributed by atoms with Crippen LogP contribution in [0.1, 0.15) is 47.5 Å². The molecular weight excluding hydrogens is 630 g/mol. The first-order chi connectivity index (χ1) is 21.8. The van der Waals surface area contributed by atoms with Gasteiger partial charge in [-0.05, 0) is 81.3 Å². The van der Waals surface area contributed by atoms with Gasteiger partial charge in [-0.25, -0.2) is 14.6 Å². The molecule has 12 heteroatoms. The van der Waals surface area contributed by atoms with Crippen LogP contribution in [0.3, 0.4) is 0 Å². The number of amides is 1. The fourth-order valence-corrected chi connectivity index (χ4v) is 6.01. The molecule has 10 nitrogen and oxygen atoms in total. The van der Waals surface area contributed by atoms with Gasteiger partial charge in [0.25, 0.3) is 5.56 Å². The first-order valence-corrected chi connectivity index (χ1v) is 16.3. The highest BCUT2D eigenvalue weighted by molar-refractivity contribution is 7.22. The molecule has 0 bridgehead atoms. The predicted octanol–water partition coefficient (Wildman–Crippen LogP) is 7.03. The van der Waals surface area contributed by atoms with Gasteiger partial charge in [-0.1, -0.05) is 37.6 Å². The molecule has 2 heterocycles. The van der Waals surface area contributed by atoms with Crippen LogP contribution in [-0.4, -0.2) is 53.1 Å². The molecule has 0 spiro atoms. The molecule has 1 N–H and O–H groups in total. The summed E-state index contributed by atoms with van der Waals surface area (Å²) in [5.74, 6) is 0.236. The Morgan fingerprint density at radius 3 is 2.43 bits per heavy atom. The number of rotatable bonds is 11. The maximum Gasteiger partial charge on any atom is 0.408 e. The molecule has 0 saturated heterocycles. The van der Waals surface area contributed by atoms with E-state index < -0.39 is 29.8 Å². The number of alkyl carbamates (subject to hydrolysis) is 1. The van der Waals surface area contributed by atoms with Gasteiger partial charge in [0.2, 0.25) is 0 Å². The number of thiophene rings is 1. The Hall–Kier alpha value is -4.09. The zero-order valence-electron chi connectivity index (χ0n) is 26.7. The highest BCUT2D eigenvalue weighted by Crippen LogP contribution is 2.37. The second-order valence-electron chi connectivity index (χ2n) is 12.6. The third kappa shape index (κ3) is 8.00. The number of nitrogens with zero attached hydrogens (tertiary/aromatic N) is 2. The number of hydrogen-bond donors (Lipinski definition) is 1. The van der Waals surface area contributed by atoms with Crippen molar-refractivity contribution in [3.05, 3.63) is 70.2 Å². The van der Waals surface area contributed by atoms with Crippen LogP contribution in [0.15, 0.2) is 59.7 Å². The fourth-order valence-electron chi connectivity index (χ4n) is 4.84. The number of hydrogen-bond acceptors (Lipinski definition) is 9. The van der Waals surface area contributed by atoms with Crippen LogP contribution in [0.5, 0.6) is 11.5 Å². The van der Waals surface area contributed by atoms with E-state index in [-0.39, 0.29) is 24.0 Å². The van der Waals surface area contributed by atoms with Crippen LogP contribution in [0.25, 0.3) is 26.3 Å². The molecule has 1 fully saturated rings. The summed E-state index contributed by atoms with van der Waals surface area (Å²) in [4.78, 5) is 44.5. The quantitative estimate of drug-likeness (QED) is 0.170. The largest absolute Gasteiger partial charge is 0.493 e. The summed E-state index contributed by atoms with van der Waals surface area (Å²) < 4.78 is 24.9. The van der Waals surface area contributed by atoms with Crippen molar-refractivity contribution in [1.82, 2.24) is 14.9 Å². The third-order valence-corrected chi connectivity index (χ3v) is 8.82. The van der Waals surface area contributed by atoms with Crippen molar-refractivity contribution in [2.24, 2.45) is 11.8 Å².